The van der Waals surface area contributed by atoms with Gasteiger partial charge in [0, 0.05) is 0 Å². The molecule has 86 valence electrons. The Balaban J connectivity index is 2.09. The van der Waals surface area contributed by atoms with Crippen LogP contribution in [0.5, 0.6) is 0 Å². The third-order valence-corrected chi connectivity index (χ3v) is 4.59. The van der Waals surface area contributed by atoms with Gasteiger partial charge in [0.05, 0.1) is 0 Å². The first kappa shape index (κ1) is 12.7. The molecule has 0 fully saturated rings. The molecule has 3 heteroatoms. The van der Waals surface area contributed by atoms with Crippen LogP contribution in [0.1, 0.15) is 5.56 Å². The number of hydrogen-bond acceptors (Lipinski definition) is 0. The molecule has 0 saturated carbocycles. The fraction of sp³-hybridized carbons (Fsp3) is 0. The minimum absolute atomic E-state index is 0.169. The maximum atomic E-state index is 6.25. The molecule has 2 aromatic carbocycles. The van der Waals surface area contributed by atoms with E-state index in [1.165, 1.54) is 4.46 Å². The average molecular weight is 328 g/mol. The van der Waals surface area contributed by atoms with Gasteiger partial charge in [-0.05, 0) is 0 Å². The van der Waals surface area contributed by atoms with E-state index in [-0.39, 0.29) is 15.0 Å². The first-order valence-electron chi connectivity index (χ1n) is 5.10. The summed E-state index contributed by atoms with van der Waals surface area (Å²) in [4.78, 5) is 0. The fourth-order valence-corrected chi connectivity index (χ4v) is 3.53. The molecule has 0 radical (unpaired) electrons. The van der Waals surface area contributed by atoms with E-state index in [1.807, 2.05) is 48.5 Å². The van der Waals surface area contributed by atoms with E-state index in [1.54, 1.807) is 0 Å². The molecule has 0 saturated heterocycles. The van der Waals surface area contributed by atoms with E-state index < -0.39 is 0 Å². The first-order valence-corrected chi connectivity index (χ1v) is 7.56. The molecule has 0 aliphatic carbocycles. The van der Waals surface area contributed by atoms with Crippen LogP contribution in [0.3, 0.4) is 0 Å². The summed E-state index contributed by atoms with van der Waals surface area (Å²) in [5.41, 5.74) is 1.08. The van der Waals surface area contributed by atoms with Crippen LogP contribution in [-0.2, 0) is 0 Å². The summed E-state index contributed by atoms with van der Waals surface area (Å²) in [6.45, 7) is 0. The minimum atomic E-state index is 0.169. The molecular weight excluding hydrogens is 318 g/mol. The Bertz CT molecular complexity index is 504. The second-order valence-corrected chi connectivity index (χ2v) is 7.11. The molecule has 0 unspecified atom stereocenters. The average Bonchev–Trinajstić information content (AvgIpc) is 2.33. The third kappa shape index (κ3) is 4.22. The molecule has 0 spiro atoms. The zero-order chi connectivity index (χ0) is 12.1. The molecular formula is C14H10Cl2Se. The SMILES string of the molecule is Cl/C(=C/c1ccc(Cl)cc1)[Se]c1ccccc1. The first-order chi connectivity index (χ1) is 8.24. The number of rotatable bonds is 3. The summed E-state index contributed by atoms with van der Waals surface area (Å²) in [6.07, 6.45) is 1.99. The van der Waals surface area contributed by atoms with Crippen LogP contribution in [0.4, 0.5) is 0 Å². The van der Waals surface area contributed by atoms with Crippen LogP contribution >= 0.6 is 23.2 Å². The molecule has 0 amide bonds. The van der Waals surface area contributed by atoms with Crippen LogP contribution in [0.2, 0.25) is 5.02 Å². The van der Waals surface area contributed by atoms with Crippen LogP contribution in [0, 0.1) is 0 Å². The Morgan fingerprint density at radius 3 is 2.24 bits per heavy atom. The number of benzene rings is 2. The van der Waals surface area contributed by atoms with Crippen LogP contribution in [0.25, 0.3) is 6.08 Å². The molecule has 17 heavy (non-hydrogen) atoms. The van der Waals surface area contributed by atoms with Crippen molar-refractivity contribution < 1.29 is 0 Å². The topological polar surface area (TPSA) is 0 Å². The van der Waals surface area contributed by atoms with Crippen molar-refractivity contribution in [3.63, 3.8) is 0 Å². The van der Waals surface area contributed by atoms with E-state index >= 15 is 0 Å². The quantitative estimate of drug-likeness (QED) is 0.750. The van der Waals surface area contributed by atoms with E-state index in [4.69, 9.17) is 23.2 Å². The molecule has 0 aliphatic rings. The molecule has 0 N–H and O–H groups in total. The van der Waals surface area contributed by atoms with Gasteiger partial charge in [-0.25, -0.2) is 0 Å². The van der Waals surface area contributed by atoms with Gasteiger partial charge in [0.1, 0.15) is 0 Å². The van der Waals surface area contributed by atoms with Gasteiger partial charge in [0.15, 0.2) is 0 Å². The van der Waals surface area contributed by atoms with Crippen molar-refractivity contribution in [2.75, 3.05) is 0 Å². The Hall–Kier alpha value is -0.721. The summed E-state index contributed by atoms with van der Waals surface area (Å²) in [5, 5.41) is 0.742. The Labute approximate surface area is 117 Å². The van der Waals surface area contributed by atoms with Gasteiger partial charge in [-0.2, -0.15) is 0 Å². The van der Waals surface area contributed by atoms with Crippen molar-refractivity contribution in [2.24, 2.45) is 0 Å². The van der Waals surface area contributed by atoms with Crippen molar-refractivity contribution >= 4 is 48.7 Å². The maximum absolute atomic E-state index is 6.25. The predicted molar refractivity (Wildman–Crippen MR) is 77.1 cm³/mol. The van der Waals surface area contributed by atoms with E-state index in [2.05, 4.69) is 12.1 Å². The summed E-state index contributed by atoms with van der Waals surface area (Å²) in [6, 6.07) is 17.9. The molecule has 0 aliphatic heterocycles. The Kier molecular flexibility index (Phi) is 4.70. The van der Waals surface area contributed by atoms with Gasteiger partial charge >= 0.3 is 118 Å². The molecule has 2 aromatic rings. The zero-order valence-corrected chi connectivity index (χ0v) is 12.2. The molecule has 0 atom stereocenters. The van der Waals surface area contributed by atoms with Crippen molar-refractivity contribution in [1.82, 2.24) is 0 Å². The normalized spacial score (nSPS) is 11.5. The molecule has 0 heterocycles. The summed E-state index contributed by atoms with van der Waals surface area (Å²) in [5.74, 6) is 0. The van der Waals surface area contributed by atoms with Crippen molar-refractivity contribution in [3.8, 4) is 0 Å². The summed E-state index contributed by atoms with van der Waals surface area (Å²) < 4.78 is 2.15. The second-order valence-electron chi connectivity index (χ2n) is 3.42. The fourth-order valence-electron chi connectivity index (χ4n) is 1.32. The number of hydrogen-bond donors (Lipinski definition) is 0. The monoisotopic (exact) mass is 328 g/mol. The second kappa shape index (κ2) is 6.28. The van der Waals surface area contributed by atoms with E-state index in [9.17, 15) is 0 Å². The van der Waals surface area contributed by atoms with Gasteiger partial charge in [-0.1, -0.05) is 0 Å². The molecule has 0 bridgehead atoms. The van der Waals surface area contributed by atoms with Gasteiger partial charge < -0.3 is 0 Å². The summed E-state index contributed by atoms with van der Waals surface area (Å²) >= 11 is 12.2. The van der Waals surface area contributed by atoms with Crippen molar-refractivity contribution in [3.05, 3.63) is 69.1 Å². The van der Waals surface area contributed by atoms with Crippen molar-refractivity contribution in [2.45, 2.75) is 0 Å². The van der Waals surface area contributed by atoms with Gasteiger partial charge in [0.2, 0.25) is 0 Å². The Morgan fingerprint density at radius 1 is 0.941 bits per heavy atom. The Morgan fingerprint density at radius 2 is 1.59 bits per heavy atom. The van der Waals surface area contributed by atoms with Crippen LogP contribution < -0.4 is 4.46 Å². The predicted octanol–water partition coefficient (Wildman–Crippen LogP) is 3.91. The molecule has 2 rings (SSSR count). The van der Waals surface area contributed by atoms with Gasteiger partial charge in [-0.15, -0.1) is 0 Å². The van der Waals surface area contributed by atoms with E-state index in [0.29, 0.717) is 0 Å². The zero-order valence-electron chi connectivity index (χ0n) is 8.94. The molecule has 0 nitrogen and oxygen atoms in total. The van der Waals surface area contributed by atoms with Crippen LogP contribution in [-0.4, -0.2) is 15.0 Å². The standard InChI is InChI=1S/C14H10Cl2Se/c15-12-8-6-11(7-9-12)10-14(16)17-13-4-2-1-3-5-13/h1-10H/b14-10-. The van der Waals surface area contributed by atoms with E-state index in [0.717, 1.165) is 14.5 Å². The van der Waals surface area contributed by atoms with Crippen LogP contribution in [0.15, 0.2) is 58.5 Å². The van der Waals surface area contributed by atoms with Gasteiger partial charge in [-0.3, -0.25) is 0 Å². The van der Waals surface area contributed by atoms with Crippen molar-refractivity contribution in [1.29, 1.82) is 0 Å². The molecule has 0 aromatic heterocycles. The summed E-state index contributed by atoms with van der Waals surface area (Å²) in [7, 11) is 0. The number of halogens is 2. The third-order valence-electron chi connectivity index (χ3n) is 2.11. The van der Waals surface area contributed by atoms with Gasteiger partial charge in [0.25, 0.3) is 0 Å².